The van der Waals surface area contributed by atoms with Gasteiger partial charge in [0, 0.05) is 25.2 Å². The zero-order valence-corrected chi connectivity index (χ0v) is 12.2. The van der Waals surface area contributed by atoms with Crippen molar-refractivity contribution in [2.24, 2.45) is 0 Å². The molecule has 114 valence electrons. The SMILES string of the molecule is CC1CN(c2cc([N+](=O)[O-])ccc2C(=O)O)CC(C)(C)O1. The van der Waals surface area contributed by atoms with Gasteiger partial charge in [0.25, 0.3) is 5.69 Å². The van der Waals surface area contributed by atoms with E-state index in [1.807, 2.05) is 25.7 Å². The summed E-state index contributed by atoms with van der Waals surface area (Å²) in [5.74, 6) is -1.10. The zero-order chi connectivity index (χ0) is 15.8. The Morgan fingerprint density at radius 1 is 1.52 bits per heavy atom. The van der Waals surface area contributed by atoms with Crippen LogP contribution in [0.3, 0.4) is 0 Å². The van der Waals surface area contributed by atoms with Gasteiger partial charge in [-0.3, -0.25) is 10.1 Å². The number of hydrogen-bond donors (Lipinski definition) is 1. The van der Waals surface area contributed by atoms with Crippen molar-refractivity contribution in [3.05, 3.63) is 33.9 Å². The molecule has 1 N–H and O–H groups in total. The van der Waals surface area contributed by atoms with Gasteiger partial charge in [-0.15, -0.1) is 0 Å². The van der Waals surface area contributed by atoms with Crippen LogP contribution in [0.1, 0.15) is 31.1 Å². The number of carboxylic acids is 1. The summed E-state index contributed by atoms with van der Waals surface area (Å²) in [4.78, 5) is 23.6. The number of carboxylic acid groups (broad SMARTS) is 1. The average molecular weight is 294 g/mol. The number of benzene rings is 1. The number of morpholine rings is 1. The molecule has 1 fully saturated rings. The third-order valence-corrected chi connectivity index (χ3v) is 3.33. The fourth-order valence-electron chi connectivity index (χ4n) is 2.71. The third-order valence-electron chi connectivity index (χ3n) is 3.33. The van der Waals surface area contributed by atoms with E-state index in [-0.39, 0.29) is 17.4 Å². The molecule has 7 heteroatoms. The highest BCUT2D eigenvalue weighted by atomic mass is 16.6. The number of aromatic carboxylic acids is 1. The van der Waals surface area contributed by atoms with Gasteiger partial charge < -0.3 is 14.7 Å². The molecule has 1 aliphatic heterocycles. The molecule has 1 unspecified atom stereocenters. The number of rotatable bonds is 3. The molecule has 0 aliphatic carbocycles. The number of nitrogens with zero attached hydrogens (tertiary/aromatic N) is 2. The van der Waals surface area contributed by atoms with Crippen LogP contribution in [-0.2, 0) is 4.74 Å². The van der Waals surface area contributed by atoms with E-state index in [9.17, 15) is 20.0 Å². The molecular formula is C14H18N2O5. The lowest BCUT2D eigenvalue weighted by atomic mass is 10.0. The second kappa shape index (κ2) is 5.33. The molecule has 0 spiro atoms. The minimum Gasteiger partial charge on any atom is -0.478 e. The smallest absolute Gasteiger partial charge is 0.337 e. The van der Waals surface area contributed by atoms with Gasteiger partial charge in [-0.1, -0.05) is 0 Å². The quantitative estimate of drug-likeness (QED) is 0.679. The lowest BCUT2D eigenvalue weighted by Crippen LogP contribution is -2.52. The lowest BCUT2D eigenvalue weighted by Gasteiger charge is -2.43. The first-order valence-corrected chi connectivity index (χ1v) is 6.64. The first-order chi connectivity index (χ1) is 9.69. The number of non-ortho nitro benzene ring substituents is 1. The third kappa shape index (κ3) is 3.30. The largest absolute Gasteiger partial charge is 0.478 e. The summed E-state index contributed by atoms with van der Waals surface area (Å²) < 4.78 is 5.78. The molecule has 1 heterocycles. The fraction of sp³-hybridized carbons (Fsp3) is 0.500. The molecule has 1 aromatic carbocycles. The van der Waals surface area contributed by atoms with Crippen molar-refractivity contribution in [1.29, 1.82) is 0 Å². The first kappa shape index (κ1) is 15.2. The number of nitro benzene ring substituents is 1. The molecule has 1 saturated heterocycles. The van der Waals surface area contributed by atoms with E-state index in [1.54, 1.807) is 0 Å². The highest BCUT2D eigenvalue weighted by Gasteiger charge is 2.33. The van der Waals surface area contributed by atoms with Crippen LogP contribution in [0.15, 0.2) is 18.2 Å². The van der Waals surface area contributed by atoms with Crippen molar-refractivity contribution in [2.45, 2.75) is 32.5 Å². The number of hydrogen-bond acceptors (Lipinski definition) is 5. The second-order valence-corrected chi connectivity index (χ2v) is 5.83. The molecule has 1 aliphatic rings. The van der Waals surface area contributed by atoms with Gasteiger partial charge in [-0.25, -0.2) is 4.79 Å². The topological polar surface area (TPSA) is 92.9 Å². The van der Waals surface area contributed by atoms with Crippen molar-refractivity contribution in [3.63, 3.8) is 0 Å². The molecule has 1 atom stereocenters. The van der Waals surface area contributed by atoms with Crippen molar-refractivity contribution >= 4 is 17.3 Å². The van der Waals surface area contributed by atoms with Crippen LogP contribution < -0.4 is 4.90 Å². The van der Waals surface area contributed by atoms with Gasteiger partial charge in [-0.05, 0) is 26.8 Å². The maximum absolute atomic E-state index is 11.4. The number of carbonyl (C=O) groups is 1. The second-order valence-electron chi connectivity index (χ2n) is 5.83. The molecule has 7 nitrogen and oxygen atoms in total. The Bertz CT molecular complexity index is 585. The van der Waals surface area contributed by atoms with E-state index in [0.717, 1.165) is 0 Å². The van der Waals surface area contributed by atoms with Gasteiger partial charge in [0.2, 0.25) is 0 Å². The van der Waals surface area contributed by atoms with Crippen LogP contribution >= 0.6 is 0 Å². The van der Waals surface area contributed by atoms with Crippen LogP contribution in [0.25, 0.3) is 0 Å². The molecule has 0 radical (unpaired) electrons. The van der Waals surface area contributed by atoms with Crippen molar-refractivity contribution in [3.8, 4) is 0 Å². The van der Waals surface area contributed by atoms with Crippen LogP contribution in [0.2, 0.25) is 0 Å². The zero-order valence-electron chi connectivity index (χ0n) is 12.2. The molecule has 0 aromatic heterocycles. The van der Waals surface area contributed by atoms with Crippen molar-refractivity contribution in [2.75, 3.05) is 18.0 Å². The lowest BCUT2D eigenvalue weighted by molar-refractivity contribution is -0.384. The van der Waals surface area contributed by atoms with E-state index in [1.165, 1.54) is 18.2 Å². The highest BCUT2D eigenvalue weighted by molar-refractivity contribution is 5.95. The van der Waals surface area contributed by atoms with E-state index in [0.29, 0.717) is 18.8 Å². The molecule has 1 aromatic rings. The van der Waals surface area contributed by atoms with E-state index < -0.39 is 16.5 Å². The van der Waals surface area contributed by atoms with Gasteiger partial charge in [0.05, 0.1) is 27.9 Å². The summed E-state index contributed by atoms with van der Waals surface area (Å²) in [6.07, 6.45) is -0.0883. The summed E-state index contributed by atoms with van der Waals surface area (Å²) >= 11 is 0. The molecule has 0 saturated carbocycles. The van der Waals surface area contributed by atoms with Gasteiger partial charge >= 0.3 is 5.97 Å². The molecule has 0 bridgehead atoms. The Balaban J connectivity index is 2.47. The molecule has 0 amide bonds. The Morgan fingerprint density at radius 2 is 2.19 bits per heavy atom. The number of ether oxygens (including phenoxy) is 1. The summed E-state index contributed by atoms with van der Waals surface area (Å²) in [6, 6.07) is 3.81. The van der Waals surface area contributed by atoms with Crippen LogP contribution in [-0.4, -0.2) is 40.8 Å². The van der Waals surface area contributed by atoms with Crippen LogP contribution in [0.4, 0.5) is 11.4 Å². The Hall–Kier alpha value is -2.15. The van der Waals surface area contributed by atoms with Crippen LogP contribution in [0.5, 0.6) is 0 Å². The maximum atomic E-state index is 11.4. The predicted octanol–water partition coefficient (Wildman–Crippen LogP) is 2.30. The predicted molar refractivity (Wildman–Crippen MR) is 76.9 cm³/mol. The number of anilines is 1. The van der Waals surface area contributed by atoms with Crippen molar-refractivity contribution < 1.29 is 19.6 Å². The van der Waals surface area contributed by atoms with E-state index >= 15 is 0 Å². The average Bonchev–Trinajstić information content (AvgIpc) is 2.35. The van der Waals surface area contributed by atoms with E-state index in [4.69, 9.17) is 4.74 Å². The Morgan fingerprint density at radius 3 is 2.71 bits per heavy atom. The van der Waals surface area contributed by atoms with Gasteiger partial charge in [0.15, 0.2) is 0 Å². The summed E-state index contributed by atoms with van der Waals surface area (Å²) in [6.45, 7) is 6.68. The highest BCUT2D eigenvalue weighted by Crippen LogP contribution is 2.31. The standard InChI is InChI=1S/C14H18N2O5/c1-9-7-15(8-14(2,3)21-9)12-6-10(16(19)20)4-5-11(12)13(17)18/h4-6,9H,7-8H2,1-3H3,(H,17,18). The molecular weight excluding hydrogens is 276 g/mol. The monoisotopic (exact) mass is 294 g/mol. The summed E-state index contributed by atoms with van der Waals surface area (Å²) in [7, 11) is 0. The maximum Gasteiger partial charge on any atom is 0.337 e. The first-order valence-electron chi connectivity index (χ1n) is 6.64. The summed E-state index contributed by atoms with van der Waals surface area (Å²) in [5, 5.41) is 20.2. The van der Waals surface area contributed by atoms with Gasteiger partial charge in [-0.2, -0.15) is 0 Å². The molecule has 2 rings (SSSR count). The van der Waals surface area contributed by atoms with Gasteiger partial charge in [0.1, 0.15) is 0 Å². The normalized spacial score (nSPS) is 21.1. The Labute approximate surface area is 122 Å². The molecule has 21 heavy (non-hydrogen) atoms. The van der Waals surface area contributed by atoms with E-state index in [2.05, 4.69) is 0 Å². The Kier molecular flexibility index (Phi) is 3.87. The number of nitro groups is 1. The van der Waals surface area contributed by atoms with Crippen LogP contribution in [0, 0.1) is 10.1 Å². The minimum absolute atomic E-state index is 0.0606. The van der Waals surface area contributed by atoms with Crippen molar-refractivity contribution in [1.82, 2.24) is 0 Å². The fourth-order valence-corrected chi connectivity index (χ4v) is 2.71. The summed E-state index contributed by atoms with van der Waals surface area (Å²) in [5.41, 5.74) is -0.143. The minimum atomic E-state index is -1.10.